The van der Waals surface area contributed by atoms with Gasteiger partial charge >= 0.3 is 0 Å². The molecule has 0 unspecified atom stereocenters. The van der Waals surface area contributed by atoms with Gasteiger partial charge in [0.25, 0.3) is 5.91 Å². The molecule has 0 heterocycles. The summed E-state index contributed by atoms with van der Waals surface area (Å²) < 4.78 is 38.9. The van der Waals surface area contributed by atoms with Crippen LogP contribution in [0.4, 0.5) is 0 Å². The second-order valence-electron chi connectivity index (χ2n) is 7.87. The highest BCUT2D eigenvalue weighted by Gasteiger charge is 2.30. The first-order valence-corrected chi connectivity index (χ1v) is 12.6. The fraction of sp³-hybridized carbons (Fsp3) is 0.231. The van der Waals surface area contributed by atoms with E-state index in [9.17, 15) is 18.3 Å². The number of rotatable bonds is 11. The Bertz CT molecular complexity index is 1330. The topological polar surface area (TPSA) is 118 Å². The Labute approximate surface area is 211 Å². The van der Waals surface area contributed by atoms with Crippen LogP contribution in [0.2, 0.25) is 0 Å². The van der Waals surface area contributed by atoms with Crippen molar-refractivity contribution >= 4 is 22.1 Å². The first-order chi connectivity index (χ1) is 17.2. The molecule has 0 aromatic heterocycles. The van der Waals surface area contributed by atoms with Gasteiger partial charge in [0.15, 0.2) is 11.5 Å². The number of carbonyl (C=O) groups excluding carboxylic acids is 1. The number of amides is 1. The summed E-state index contributed by atoms with van der Waals surface area (Å²) >= 11 is 0. The van der Waals surface area contributed by atoms with E-state index >= 15 is 0 Å². The van der Waals surface area contributed by atoms with Crippen molar-refractivity contribution in [1.29, 1.82) is 0 Å². The van der Waals surface area contributed by atoms with Crippen molar-refractivity contribution in [2.24, 2.45) is 5.10 Å². The summed E-state index contributed by atoms with van der Waals surface area (Å²) in [4.78, 5) is 12.7. The number of benzene rings is 3. The van der Waals surface area contributed by atoms with Crippen LogP contribution in [0.1, 0.15) is 23.6 Å². The molecule has 3 aromatic carbocycles. The third-order valence-electron chi connectivity index (χ3n) is 5.15. The lowest BCUT2D eigenvalue weighted by atomic mass is 10.2. The molecular formula is C26H29N3O6S. The van der Waals surface area contributed by atoms with Crippen LogP contribution in [0.25, 0.3) is 0 Å². The first-order valence-electron chi connectivity index (χ1n) is 11.2. The summed E-state index contributed by atoms with van der Waals surface area (Å²) in [7, 11) is -2.71. The summed E-state index contributed by atoms with van der Waals surface area (Å²) in [6.07, 6.45) is 1.37. The Hall–Kier alpha value is -3.89. The van der Waals surface area contributed by atoms with E-state index in [2.05, 4.69) is 10.5 Å². The fourth-order valence-electron chi connectivity index (χ4n) is 3.39. The molecule has 36 heavy (non-hydrogen) atoms. The van der Waals surface area contributed by atoms with Crippen LogP contribution in [0.5, 0.6) is 17.2 Å². The predicted molar refractivity (Wildman–Crippen MR) is 137 cm³/mol. The SMILES string of the molecule is CCOc1cc(/C=N/NC(=O)CN(Cc2ccccc2)S(=O)(=O)c2cc(C)ccc2OC)ccc1O. The number of aryl methyl sites for hydroxylation is 1. The number of ether oxygens (including phenoxy) is 2. The molecule has 3 aromatic rings. The number of hydrogen-bond donors (Lipinski definition) is 2. The minimum atomic E-state index is -4.10. The van der Waals surface area contributed by atoms with Gasteiger partial charge in [-0.3, -0.25) is 4.79 Å². The van der Waals surface area contributed by atoms with Crippen molar-refractivity contribution in [2.45, 2.75) is 25.3 Å². The molecule has 0 aliphatic heterocycles. The molecule has 10 heteroatoms. The Morgan fingerprint density at radius 2 is 1.83 bits per heavy atom. The van der Waals surface area contributed by atoms with Crippen molar-refractivity contribution < 1.29 is 27.8 Å². The molecule has 0 atom stereocenters. The largest absolute Gasteiger partial charge is 0.504 e. The van der Waals surface area contributed by atoms with Gasteiger partial charge in [-0.2, -0.15) is 9.41 Å². The smallest absolute Gasteiger partial charge is 0.255 e. The third kappa shape index (κ3) is 6.83. The second kappa shape index (κ2) is 12.2. The molecule has 0 spiro atoms. The number of hydrogen-bond acceptors (Lipinski definition) is 7. The van der Waals surface area contributed by atoms with E-state index in [4.69, 9.17) is 9.47 Å². The van der Waals surface area contributed by atoms with Gasteiger partial charge in [0.2, 0.25) is 10.0 Å². The number of hydrazone groups is 1. The number of methoxy groups -OCH3 is 1. The quantitative estimate of drug-likeness (QED) is 0.301. The molecule has 0 saturated heterocycles. The van der Waals surface area contributed by atoms with Gasteiger partial charge in [-0.05, 0) is 60.9 Å². The van der Waals surface area contributed by atoms with Gasteiger partial charge in [0.05, 0.1) is 26.5 Å². The van der Waals surface area contributed by atoms with Gasteiger partial charge < -0.3 is 14.6 Å². The second-order valence-corrected chi connectivity index (χ2v) is 9.77. The van der Waals surface area contributed by atoms with E-state index in [1.807, 2.05) is 6.07 Å². The minimum absolute atomic E-state index is 0.00799. The molecule has 0 saturated carbocycles. The highest BCUT2D eigenvalue weighted by atomic mass is 32.2. The molecule has 0 aliphatic rings. The van der Waals surface area contributed by atoms with Crippen LogP contribution in [0.3, 0.4) is 0 Å². The zero-order chi connectivity index (χ0) is 26.1. The molecule has 0 aliphatic carbocycles. The lowest BCUT2D eigenvalue weighted by Crippen LogP contribution is -2.39. The maximum absolute atomic E-state index is 13.6. The lowest BCUT2D eigenvalue weighted by Gasteiger charge is -2.23. The third-order valence-corrected chi connectivity index (χ3v) is 6.96. The number of nitrogens with one attached hydrogen (secondary N) is 1. The molecular weight excluding hydrogens is 482 g/mol. The molecule has 0 radical (unpaired) electrons. The highest BCUT2D eigenvalue weighted by molar-refractivity contribution is 7.89. The number of sulfonamides is 1. The van der Waals surface area contributed by atoms with Gasteiger partial charge in [0, 0.05) is 6.54 Å². The molecule has 9 nitrogen and oxygen atoms in total. The first kappa shape index (κ1) is 26.7. The van der Waals surface area contributed by atoms with Gasteiger partial charge in [-0.1, -0.05) is 36.4 Å². The van der Waals surface area contributed by atoms with Gasteiger partial charge in [0.1, 0.15) is 10.6 Å². The Kier molecular flexibility index (Phi) is 9.04. The number of phenolic OH excluding ortho intramolecular Hbond substituents is 1. The van der Waals surface area contributed by atoms with Crippen LogP contribution >= 0.6 is 0 Å². The van der Waals surface area contributed by atoms with Crippen LogP contribution in [0.15, 0.2) is 76.7 Å². The normalized spacial score (nSPS) is 11.6. The minimum Gasteiger partial charge on any atom is -0.504 e. The van der Waals surface area contributed by atoms with E-state index in [1.165, 1.54) is 25.5 Å². The maximum Gasteiger partial charge on any atom is 0.255 e. The summed E-state index contributed by atoms with van der Waals surface area (Å²) in [6.45, 7) is 3.46. The Balaban J connectivity index is 1.82. The number of phenols is 1. The maximum atomic E-state index is 13.6. The summed E-state index contributed by atoms with van der Waals surface area (Å²) in [5, 5.41) is 13.7. The average molecular weight is 512 g/mol. The van der Waals surface area contributed by atoms with Crippen molar-refractivity contribution in [2.75, 3.05) is 20.3 Å². The van der Waals surface area contributed by atoms with Crippen LogP contribution in [0, 0.1) is 6.92 Å². The highest BCUT2D eigenvalue weighted by Crippen LogP contribution is 2.29. The van der Waals surface area contributed by atoms with Crippen LogP contribution < -0.4 is 14.9 Å². The molecule has 1 amide bonds. The Morgan fingerprint density at radius 3 is 2.53 bits per heavy atom. The summed E-state index contributed by atoms with van der Waals surface area (Å²) in [5.74, 6) is -0.151. The van der Waals surface area contributed by atoms with E-state index in [0.29, 0.717) is 17.9 Å². The van der Waals surface area contributed by atoms with E-state index in [0.717, 1.165) is 15.4 Å². The molecule has 190 valence electrons. The van der Waals surface area contributed by atoms with E-state index in [-0.39, 0.29) is 22.9 Å². The predicted octanol–water partition coefficient (Wildman–Crippen LogP) is 3.45. The van der Waals surface area contributed by atoms with Crippen molar-refractivity contribution in [3.05, 3.63) is 83.4 Å². The molecule has 2 N–H and O–H groups in total. The number of carbonyl (C=O) groups is 1. The summed E-state index contributed by atoms with van der Waals surface area (Å²) in [6, 6.07) is 18.5. The molecule has 0 fully saturated rings. The van der Waals surface area contributed by atoms with Gasteiger partial charge in [-0.15, -0.1) is 0 Å². The summed E-state index contributed by atoms with van der Waals surface area (Å²) in [5.41, 5.74) is 4.40. The monoisotopic (exact) mass is 511 g/mol. The van der Waals surface area contributed by atoms with E-state index in [1.54, 1.807) is 62.4 Å². The van der Waals surface area contributed by atoms with Gasteiger partial charge in [-0.25, -0.2) is 13.8 Å². The van der Waals surface area contributed by atoms with E-state index < -0.39 is 22.5 Å². The fourth-order valence-corrected chi connectivity index (χ4v) is 5.02. The van der Waals surface area contributed by atoms with Crippen molar-refractivity contribution in [3.8, 4) is 17.2 Å². The zero-order valence-corrected chi connectivity index (χ0v) is 21.2. The standard InChI is InChI=1S/C26H29N3O6S/c1-4-35-24-15-21(11-12-22(24)30)16-27-28-26(31)18-29(17-20-8-6-5-7-9-20)36(32,33)25-14-19(2)10-13-23(25)34-3/h5-16,30H,4,17-18H2,1-3H3,(H,28,31)/b27-16+. The Morgan fingerprint density at radius 1 is 1.08 bits per heavy atom. The number of aromatic hydroxyl groups is 1. The van der Waals surface area contributed by atoms with Crippen molar-refractivity contribution in [1.82, 2.24) is 9.73 Å². The average Bonchev–Trinajstić information content (AvgIpc) is 2.86. The molecule has 3 rings (SSSR count). The zero-order valence-electron chi connectivity index (χ0n) is 20.3. The van der Waals surface area contributed by atoms with Crippen LogP contribution in [-0.2, 0) is 21.4 Å². The van der Waals surface area contributed by atoms with Crippen LogP contribution in [-0.4, -0.2) is 50.2 Å². The lowest BCUT2D eigenvalue weighted by molar-refractivity contribution is -0.121. The molecule has 0 bridgehead atoms. The number of nitrogens with zero attached hydrogens (tertiary/aromatic N) is 2. The van der Waals surface area contributed by atoms with Crippen molar-refractivity contribution in [3.63, 3.8) is 0 Å².